The van der Waals surface area contributed by atoms with Crippen LogP contribution in [0.3, 0.4) is 0 Å². The molecule has 2 aromatic heterocycles. The van der Waals surface area contributed by atoms with Gasteiger partial charge in [0.1, 0.15) is 18.0 Å². The number of ether oxygens (including phenoxy) is 1. The lowest BCUT2D eigenvalue weighted by Crippen LogP contribution is -2.43. The summed E-state index contributed by atoms with van der Waals surface area (Å²) in [4.78, 5) is 34.2. The van der Waals surface area contributed by atoms with Gasteiger partial charge in [-0.25, -0.2) is 0 Å². The summed E-state index contributed by atoms with van der Waals surface area (Å²) in [5.41, 5.74) is 1.17. The standard InChI is InChI=1S/C17H14N6O3/c24-14(9-23-12-6-1-2-7-13(12)26-10-15(23)25)19-17-20-16(21-22-17)11-5-3-4-8-18-11/h1-8H,9-10H2,(H2,19,20,21,22,24). The predicted octanol–water partition coefficient (Wildman–Crippen LogP) is 1.23. The zero-order chi connectivity index (χ0) is 17.9. The van der Waals surface area contributed by atoms with Crippen molar-refractivity contribution in [2.24, 2.45) is 0 Å². The number of aromatic amines is 1. The van der Waals surface area contributed by atoms with E-state index in [1.807, 2.05) is 6.07 Å². The number of rotatable bonds is 4. The predicted molar refractivity (Wildman–Crippen MR) is 92.5 cm³/mol. The van der Waals surface area contributed by atoms with Gasteiger partial charge in [0.05, 0.1) is 5.69 Å². The van der Waals surface area contributed by atoms with E-state index in [0.29, 0.717) is 23.0 Å². The first kappa shape index (κ1) is 15.8. The van der Waals surface area contributed by atoms with Gasteiger partial charge in [0.2, 0.25) is 11.9 Å². The van der Waals surface area contributed by atoms with Gasteiger partial charge in [-0.2, -0.15) is 4.98 Å². The minimum Gasteiger partial charge on any atom is -0.482 e. The summed E-state index contributed by atoms with van der Waals surface area (Å²) in [5, 5.41) is 9.25. The highest BCUT2D eigenvalue weighted by Gasteiger charge is 2.27. The van der Waals surface area contributed by atoms with Crippen molar-refractivity contribution < 1.29 is 14.3 Å². The maximum absolute atomic E-state index is 12.3. The van der Waals surface area contributed by atoms with E-state index in [0.717, 1.165) is 0 Å². The van der Waals surface area contributed by atoms with Gasteiger partial charge < -0.3 is 4.74 Å². The van der Waals surface area contributed by atoms with Crippen LogP contribution >= 0.6 is 0 Å². The topological polar surface area (TPSA) is 113 Å². The Bertz CT molecular complexity index is 956. The molecule has 130 valence electrons. The Balaban J connectivity index is 1.47. The van der Waals surface area contributed by atoms with Crippen LogP contribution in [-0.2, 0) is 9.59 Å². The lowest BCUT2D eigenvalue weighted by atomic mass is 10.2. The lowest BCUT2D eigenvalue weighted by molar-refractivity contribution is -0.123. The molecule has 0 bridgehead atoms. The van der Waals surface area contributed by atoms with E-state index in [1.165, 1.54) is 4.90 Å². The molecule has 1 aliphatic heterocycles. The third-order valence-electron chi connectivity index (χ3n) is 3.75. The van der Waals surface area contributed by atoms with Gasteiger partial charge in [-0.3, -0.25) is 29.9 Å². The number of nitrogens with zero attached hydrogens (tertiary/aromatic N) is 4. The molecule has 4 rings (SSSR count). The average Bonchev–Trinajstić information content (AvgIpc) is 3.13. The van der Waals surface area contributed by atoms with Crippen LogP contribution in [0.2, 0.25) is 0 Å². The number of benzene rings is 1. The van der Waals surface area contributed by atoms with Gasteiger partial charge in [0.25, 0.3) is 5.91 Å². The molecule has 2 N–H and O–H groups in total. The number of pyridine rings is 1. The van der Waals surface area contributed by atoms with Gasteiger partial charge in [0, 0.05) is 6.20 Å². The normalized spacial score (nSPS) is 13.1. The number of anilines is 2. The number of H-pyrrole nitrogens is 1. The van der Waals surface area contributed by atoms with Crippen molar-refractivity contribution in [3.63, 3.8) is 0 Å². The Morgan fingerprint density at radius 1 is 1.23 bits per heavy atom. The van der Waals surface area contributed by atoms with Crippen molar-refractivity contribution in [1.82, 2.24) is 20.2 Å². The van der Waals surface area contributed by atoms with Gasteiger partial charge in [-0.15, -0.1) is 5.10 Å². The fraction of sp³-hybridized carbons (Fsp3) is 0.118. The highest BCUT2D eigenvalue weighted by atomic mass is 16.5. The number of carbonyl (C=O) groups is 2. The fourth-order valence-electron chi connectivity index (χ4n) is 2.57. The molecule has 3 heterocycles. The number of amides is 2. The zero-order valence-corrected chi connectivity index (χ0v) is 13.5. The van der Waals surface area contributed by atoms with E-state index >= 15 is 0 Å². The maximum Gasteiger partial charge on any atom is 0.265 e. The second-order valence-electron chi connectivity index (χ2n) is 5.51. The number of hydrogen-bond acceptors (Lipinski definition) is 6. The number of aromatic nitrogens is 4. The highest BCUT2D eigenvalue weighted by Crippen LogP contribution is 2.31. The smallest absolute Gasteiger partial charge is 0.265 e. The van der Waals surface area contributed by atoms with Crippen molar-refractivity contribution in [2.75, 3.05) is 23.4 Å². The van der Waals surface area contributed by atoms with E-state index in [2.05, 4.69) is 25.5 Å². The van der Waals surface area contributed by atoms with Crippen molar-refractivity contribution >= 4 is 23.5 Å². The van der Waals surface area contributed by atoms with Crippen LogP contribution in [0.25, 0.3) is 11.5 Å². The van der Waals surface area contributed by atoms with Gasteiger partial charge in [-0.1, -0.05) is 18.2 Å². The molecule has 9 heteroatoms. The Morgan fingerprint density at radius 3 is 2.92 bits per heavy atom. The molecular formula is C17H14N6O3. The molecule has 1 aliphatic rings. The highest BCUT2D eigenvalue weighted by molar-refractivity contribution is 6.04. The van der Waals surface area contributed by atoms with Crippen LogP contribution in [0.15, 0.2) is 48.7 Å². The fourth-order valence-corrected chi connectivity index (χ4v) is 2.57. The number of para-hydroxylation sites is 2. The van der Waals surface area contributed by atoms with E-state index in [1.54, 1.807) is 42.6 Å². The number of fused-ring (bicyclic) bond motifs is 1. The summed E-state index contributed by atoms with van der Waals surface area (Å²) in [5.74, 6) is 0.415. The van der Waals surface area contributed by atoms with Crippen LogP contribution in [0, 0.1) is 0 Å². The molecule has 0 radical (unpaired) electrons. The second kappa shape index (κ2) is 6.63. The minimum absolute atomic E-state index is 0.102. The number of hydrogen-bond donors (Lipinski definition) is 2. The number of nitrogens with one attached hydrogen (secondary N) is 2. The van der Waals surface area contributed by atoms with E-state index in [9.17, 15) is 9.59 Å². The Kier molecular flexibility index (Phi) is 4.02. The van der Waals surface area contributed by atoms with Gasteiger partial charge in [-0.05, 0) is 24.3 Å². The molecule has 26 heavy (non-hydrogen) atoms. The number of carbonyl (C=O) groups excluding carboxylic acids is 2. The largest absolute Gasteiger partial charge is 0.482 e. The molecule has 1 aromatic carbocycles. The van der Waals surface area contributed by atoms with Crippen LogP contribution < -0.4 is 15.0 Å². The molecule has 0 saturated carbocycles. The molecule has 3 aromatic rings. The molecular weight excluding hydrogens is 336 g/mol. The lowest BCUT2D eigenvalue weighted by Gasteiger charge is -2.28. The first-order valence-corrected chi connectivity index (χ1v) is 7.86. The van der Waals surface area contributed by atoms with Crippen molar-refractivity contribution in [1.29, 1.82) is 0 Å². The summed E-state index contributed by atoms with van der Waals surface area (Å²) in [7, 11) is 0. The molecule has 0 saturated heterocycles. The first-order valence-electron chi connectivity index (χ1n) is 7.86. The van der Waals surface area contributed by atoms with Crippen LogP contribution in [-0.4, -0.2) is 45.1 Å². The van der Waals surface area contributed by atoms with E-state index in [4.69, 9.17) is 4.74 Å². The van der Waals surface area contributed by atoms with Gasteiger partial charge in [0.15, 0.2) is 12.4 Å². The summed E-state index contributed by atoms with van der Waals surface area (Å²) < 4.78 is 5.36. The van der Waals surface area contributed by atoms with Crippen LogP contribution in [0.5, 0.6) is 5.75 Å². The first-order chi connectivity index (χ1) is 12.7. The van der Waals surface area contributed by atoms with E-state index in [-0.39, 0.29) is 25.0 Å². The zero-order valence-electron chi connectivity index (χ0n) is 13.5. The van der Waals surface area contributed by atoms with Crippen molar-refractivity contribution in [2.45, 2.75) is 0 Å². The average molecular weight is 350 g/mol. The molecule has 0 fully saturated rings. The van der Waals surface area contributed by atoms with Crippen molar-refractivity contribution in [3.8, 4) is 17.3 Å². The Morgan fingerprint density at radius 2 is 2.08 bits per heavy atom. The summed E-state index contributed by atoms with van der Waals surface area (Å²) in [6, 6.07) is 12.5. The molecule has 0 spiro atoms. The third kappa shape index (κ3) is 3.09. The van der Waals surface area contributed by atoms with Gasteiger partial charge >= 0.3 is 0 Å². The van der Waals surface area contributed by atoms with Crippen LogP contribution in [0.4, 0.5) is 11.6 Å². The molecule has 0 atom stereocenters. The molecule has 2 amide bonds. The molecule has 9 nitrogen and oxygen atoms in total. The minimum atomic E-state index is -0.415. The maximum atomic E-state index is 12.3. The van der Waals surface area contributed by atoms with Crippen LogP contribution in [0.1, 0.15) is 0 Å². The summed E-state index contributed by atoms with van der Waals surface area (Å²) >= 11 is 0. The summed E-state index contributed by atoms with van der Waals surface area (Å²) in [6.07, 6.45) is 1.64. The van der Waals surface area contributed by atoms with Crippen molar-refractivity contribution in [3.05, 3.63) is 48.7 Å². The SMILES string of the molecule is O=C(CN1C(=O)COc2ccccc21)Nc1n[nH]c(-c2ccccn2)n1. The third-order valence-corrected chi connectivity index (χ3v) is 3.75. The quantitative estimate of drug-likeness (QED) is 0.732. The molecule has 0 unspecified atom stereocenters. The second-order valence-corrected chi connectivity index (χ2v) is 5.51. The molecule has 0 aliphatic carbocycles. The van der Waals surface area contributed by atoms with E-state index < -0.39 is 5.91 Å². The Labute approximate surface area is 148 Å². The summed E-state index contributed by atoms with van der Waals surface area (Å²) in [6.45, 7) is -0.262. The Hall–Kier alpha value is -3.75. The monoisotopic (exact) mass is 350 g/mol.